The molecule has 2 atom stereocenters. The molecule has 36 heavy (non-hydrogen) atoms. The molecule has 1 aliphatic heterocycles. The number of anilines is 2. The fourth-order valence-electron chi connectivity index (χ4n) is 3.43. The molecular formula is C23H21F6N3O4. The molecule has 0 spiro atoms. The number of nitrogens with zero attached hydrogens (tertiary/aromatic N) is 2. The van der Waals surface area contributed by atoms with E-state index in [1.807, 2.05) is 0 Å². The summed E-state index contributed by atoms with van der Waals surface area (Å²) in [5.41, 5.74) is -2.04. The van der Waals surface area contributed by atoms with Gasteiger partial charge in [-0.3, -0.25) is 5.32 Å². The number of ether oxygens (including phenoxy) is 3. The first-order valence-corrected chi connectivity index (χ1v) is 10.6. The third kappa shape index (κ3) is 6.72. The summed E-state index contributed by atoms with van der Waals surface area (Å²) < 4.78 is 96.2. The second kappa shape index (κ2) is 10.5. The largest absolute Gasteiger partial charge is 0.491 e. The Labute approximate surface area is 202 Å². The smallest absolute Gasteiger partial charge is 0.433 e. The molecule has 7 nitrogen and oxygen atoms in total. The number of carbonyl (C=O) groups excluding carboxylic acids is 1. The van der Waals surface area contributed by atoms with Crippen molar-refractivity contribution in [1.82, 2.24) is 0 Å². The zero-order valence-corrected chi connectivity index (χ0v) is 19.0. The van der Waals surface area contributed by atoms with E-state index in [0.29, 0.717) is 16.7 Å². The molecule has 2 aromatic carbocycles. The number of benzene rings is 2. The van der Waals surface area contributed by atoms with Crippen LogP contribution in [0.3, 0.4) is 0 Å². The van der Waals surface area contributed by atoms with Gasteiger partial charge in [0.05, 0.1) is 29.8 Å². The zero-order valence-electron chi connectivity index (χ0n) is 19.0. The van der Waals surface area contributed by atoms with E-state index in [1.165, 1.54) is 30.3 Å². The Bertz CT molecular complexity index is 1110. The van der Waals surface area contributed by atoms with Gasteiger partial charge in [-0.25, -0.2) is 4.79 Å². The van der Waals surface area contributed by atoms with Crippen LogP contribution in [-0.4, -0.2) is 43.9 Å². The van der Waals surface area contributed by atoms with E-state index in [0.717, 1.165) is 12.1 Å². The van der Waals surface area contributed by atoms with Crippen LogP contribution in [0.25, 0.3) is 0 Å². The number of nitriles is 1. The normalized spacial score (nSPS) is 18.2. The molecule has 0 aromatic heterocycles. The monoisotopic (exact) mass is 517 g/mol. The van der Waals surface area contributed by atoms with Crippen molar-refractivity contribution in [2.24, 2.45) is 0 Å². The number of halogens is 6. The van der Waals surface area contributed by atoms with Gasteiger partial charge in [-0.15, -0.1) is 0 Å². The molecule has 1 aliphatic rings. The SMILES string of the molecule is CC(C)OC(=O)Nc1ccc(OC[C@@H]2CN(c3ccc(C#N)c(C(F)(F)F)c3)[C@@H](C(F)(F)F)O2)cc1. The number of hydrogen-bond donors (Lipinski definition) is 1. The lowest BCUT2D eigenvalue weighted by molar-refractivity contribution is -0.215. The summed E-state index contributed by atoms with van der Waals surface area (Å²) >= 11 is 0. The van der Waals surface area contributed by atoms with E-state index in [-0.39, 0.29) is 18.5 Å². The maximum atomic E-state index is 13.6. The second-order valence-electron chi connectivity index (χ2n) is 8.06. The zero-order chi connectivity index (χ0) is 26.7. The van der Waals surface area contributed by atoms with Gasteiger partial charge in [0.1, 0.15) is 18.5 Å². The fraction of sp³-hybridized carbons (Fsp3) is 0.391. The average molecular weight is 517 g/mol. The maximum Gasteiger partial charge on any atom is 0.433 e. The minimum Gasteiger partial charge on any atom is -0.491 e. The first-order valence-electron chi connectivity index (χ1n) is 10.6. The molecule has 13 heteroatoms. The van der Waals surface area contributed by atoms with Crippen LogP contribution >= 0.6 is 0 Å². The van der Waals surface area contributed by atoms with Gasteiger partial charge in [-0.1, -0.05) is 0 Å². The average Bonchev–Trinajstić information content (AvgIpc) is 3.22. The topological polar surface area (TPSA) is 83.8 Å². The number of rotatable bonds is 6. The Morgan fingerprint density at radius 1 is 1.17 bits per heavy atom. The van der Waals surface area contributed by atoms with Gasteiger partial charge in [0.25, 0.3) is 0 Å². The molecule has 3 rings (SSSR count). The Kier molecular flexibility index (Phi) is 7.88. The summed E-state index contributed by atoms with van der Waals surface area (Å²) in [6.07, 6.45) is -14.4. The Morgan fingerprint density at radius 3 is 2.39 bits per heavy atom. The van der Waals surface area contributed by atoms with Crippen LogP contribution in [0.5, 0.6) is 5.75 Å². The van der Waals surface area contributed by atoms with E-state index in [4.69, 9.17) is 19.5 Å². The summed E-state index contributed by atoms with van der Waals surface area (Å²) in [7, 11) is 0. The minimum atomic E-state index is -4.93. The van der Waals surface area contributed by atoms with Crippen LogP contribution in [0.1, 0.15) is 25.0 Å². The maximum absolute atomic E-state index is 13.6. The molecular weight excluding hydrogens is 496 g/mol. The van der Waals surface area contributed by atoms with E-state index < -0.39 is 54.1 Å². The highest BCUT2D eigenvalue weighted by molar-refractivity contribution is 5.84. The van der Waals surface area contributed by atoms with Crippen molar-refractivity contribution in [2.75, 3.05) is 23.4 Å². The summed E-state index contributed by atoms with van der Waals surface area (Å²) in [6, 6.07) is 9.64. The van der Waals surface area contributed by atoms with Gasteiger partial charge in [0, 0.05) is 11.4 Å². The molecule has 0 saturated carbocycles. The van der Waals surface area contributed by atoms with Crippen LogP contribution in [0.2, 0.25) is 0 Å². The highest BCUT2D eigenvalue weighted by Crippen LogP contribution is 2.39. The van der Waals surface area contributed by atoms with Crippen molar-refractivity contribution in [1.29, 1.82) is 5.26 Å². The van der Waals surface area contributed by atoms with Crippen molar-refractivity contribution < 1.29 is 45.3 Å². The van der Waals surface area contributed by atoms with Gasteiger partial charge >= 0.3 is 18.4 Å². The van der Waals surface area contributed by atoms with Crippen LogP contribution < -0.4 is 15.0 Å². The van der Waals surface area contributed by atoms with Gasteiger partial charge in [-0.2, -0.15) is 31.6 Å². The molecule has 1 heterocycles. The molecule has 194 valence electrons. The fourth-order valence-corrected chi connectivity index (χ4v) is 3.43. The second-order valence-corrected chi connectivity index (χ2v) is 8.06. The van der Waals surface area contributed by atoms with Crippen molar-refractivity contribution in [3.05, 3.63) is 53.6 Å². The minimum absolute atomic E-state index is 0.265. The predicted octanol–water partition coefficient (Wildman–Crippen LogP) is 5.71. The van der Waals surface area contributed by atoms with Crippen molar-refractivity contribution in [3.63, 3.8) is 0 Å². The first-order chi connectivity index (χ1) is 16.8. The lowest BCUT2D eigenvalue weighted by Crippen LogP contribution is -2.42. The van der Waals surface area contributed by atoms with Crippen molar-refractivity contribution in [3.8, 4) is 11.8 Å². The van der Waals surface area contributed by atoms with Gasteiger partial charge in [-0.05, 0) is 56.3 Å². The number of hydrogen-bond acceptors (Lipinski definition) is 6. The summed E-state index contributed by atoms with van der Waals surface area (Å²) in [5, 5.41) is 11.4. The molecule has 1 N–H and O–H groups in total. The van der Waals surface area contributed by atoms with Crippen LogP contribution in [0.4, 0.5) is 42.5 Å². The third-order valence-corrected chi connectivity index (χ3v) is 4.92. The van der Waals surface area contributed by atoms with Crippen molar-refractivity contribution >= 4 is 17.5 Å². The Hall–Kier alpha value is -3.66. The van der Waals surface area contributed by atoms with Crippen LogP contribution in [-0.2, 0) is 15.7 Å². The Balaban J connectivity index is 1.70. The standard InChI is InChI=1S/C23H21F6N3O4/c1-13(2)35-21(33)31-15-4-7-17(8-5-15)34-12-18-11-32(20(36-18)23(27,28)29)16-6-3-14(10-30)19(9-16)22(24,25)26/h3-9,13,18,20H,11-12H2,1-2H3,(H,31,33)/t18-,20+/m0/s1. The third-order valence-electron chi connectivity index (χ3n) is 4.92. The molecule has 0 bridgehead atoms. The van der Waals surface area contributed by atoms with E-state index in [2.05, 4.69) is 5.32 Å². The van der Waals surface area contributed by atoms with E-state index in [9.17, 15) is 31.1 Å². The molecule has 1 amide bonds. The van der Waals surface area contributed by atoms with E-state index >= 15 is 0 Å². The highest BCUT2D eigenvalue weighted by atomic mass is 19.4. The molecule has 0 radical (unpaired) electrons. The molecule has 0 aliphatic carbocycles. The summed E-state index contributed by atoms with van der Waals surface area (Å²) in [4.78, 5) is 12.3. The number of nitrogens with one attached hydrogen (secondary N) is 1. The van der Waals surface area contributed by atoms with E-state index in [1.54, 1.807) is 13.8 Å². The summed E-state index contributed by atoms with van der Waals surface area (Å²) in [6.45, 7) is 2.63. The number of alkyl halides is 6. The van der Waals surface area contributed by atoms with Crippen LogP contribution in [0.15, 0.2) is 42.5 Å². The first kappa shape index (κ1) is 26.9. The number of amides is 1. The quantitative estimate of drug-likeness (QED) is 0.495. The van der Waals surface area contributed by atoms with Crippen molar-refractivity contribution in [2.45, 2.75) is 44.6 Å². The lowest BCUT2D eigenvalue weighted by atomic mass is 10.1. The lowest BCUT2D eigenvalue weighted by Gasteiger charge is -2.27. The Morgan fingerprint density at radius 2 is 1.83 bits per heavy atom. The predicted molar refractivity (Wildman–Crippen MR) is 115 cm³/mol. The molecule has 1 saturated heterocycles. The summed E-state index contributed by atoms with van der Waals surface area (Å²) in [5.74, 6) is 0.265. The van der Waals surface area contributed by atoms with Gasteiger partial charge < -0.3 is 19.1 Å². The van der Waals surface area contributed by atoms with Crippen LogP contribution in [0, 0.1) is 11.3 Å². The molecule has 0 unspecified atom stereocenters. The van der Waals surface area contributed by atoms with Gasteiger partial charge in [0.2, 0.25) is 6.23 Å². The number of carbonyl (C=O) groups is 1. The molecule has 1 fully saturated rings. The highest BCUT2D eigenvalue weighted by Gasteiger charge is 2.51. The van der Waals surface area contributed by atoms with Gasteiger partial charge in [0.15, 0.2) is 0 Å². The molecule has 2 aromatic rings.